The molecular weight excluding hydrogens is 278 g/mol. The first kappa shape index (κ1) is 13.2. The number of halogens is 2. The Hall–Kier alpha value is -2.76. The maximum absolute atomic E-state index is 13.1. The second-order valence-electron chi connectivity index (χ2n) is 4.28. The van der Waals surface area contributed by atoms with Crippen LogP contribution in [0, 0.1) is 11.6 Å². The van der Waals surface area contributed by atoms with Crippen LogP contribution in [0.25, 0.3) is 11.5 Å². The molecule has 0 aliphatic heterocycles. The number of hydrogen-bond acceptors (Lipinski definition) is 4. The zero-order chi connectivity index (χ0) is 14.7. The molecule has 1 aromatic heterocycles. The molecular formula is C15H10F2N2O2. The van der Waals surface area contributed by atoms with Crippen molar-refractivity contribution in [3.63, 3.8) is 0 Å². The maximum atomic E-state index is 13.1. The van der Waals surface area contributed by atoms with Gasteiger partial charge in [0, 0.05) is 0 Å². The van der Waals surface area contributed by atoms with Crippen molar-refractivity contribution in [2.45, 2.75) is 6.61 Å². The Morgan fingerprint density at radius 1 is 1.05 bits per heavy atom. The first-order chi connectivity index (χ1) is 10.2. The highest BCUT2D eigenvalue weighted by atomic mass is 19.2. The van der Waals surface area contributed by atoms with Crippen molar-refractivity contribution < 1.29 is 17.9 Å². The van der Waals surface area contributed by atoms with Crippen LogP contribution in [-0.4, -0.2) is 10.2 Å². The Bertz CT molecular complexity index is 745. The van der Waals surface area contributed by atoms with Gasteiger partial charge in [-0.1, -0.05) is 18.2 Å². The van der Waals surface area contributed by atoms with Gasteiger partial charge in [0.05, 0.1) is 5.56 Å². The SMILES string of the molecule is Fc1ccc(COc2ccccc2-c2nnco2)cc1F. The predicted molar refractivity (Wildman–Crippen MR) is 70.4 cm³/mol. The molecule has 3 rings (SSSR count). The molecule has 0 saturated carbocycles. The van der Waals surface area contributed by atoms with Gasteiger partial charge in [0.2, 0.25) is 6.39 Å². The van der Waals surface area contributed by atoms with E-state index in [1.165, 1.54) is 12.5 Å². The normalized spacial score (nSPS) is 10.6. The van der Waals surface area contributed by atoms with Gasteiger partial charge in [0.1, 0.15) is 12.4 Å². The third-order valence-electron chi connectivity index (χ3n) is 2.86. The molecule has 0 radical (unpaired) electrons. The van der Waals surface area contributed by atoms with Gasteiger partial charge in [0.25, 0.3) is 5.89 Å². The molecule has 1 heterocycles. The lowest BCUT2D eigenvalue weighted by atomic mass is 10.2. The van der Waals surface area contributed by atoms with Crippen LogP contribution in [0.2, 0.25) is 0 Å². The molecule has 0 saturated heterocycles. The van der Waals surface area contributed by atoms with Crippen LogP contribution in [0.15, 0.2) is 53.3 Å². The molecule has 0 unspecified atom stereocenters. The molecule has 106 valence electrons. The van der Waals surface area contributed by atoms with E-state index < -0.39 is 11.6 Å². The quantitative estimate of drug-likeness (QED) is 0.736. The predicted octanol–water partition coefficient (Wildman–Crippen LogP) is 3.59. The monoisotopic (exact) mass is 288 g/mol. The summed E-state index contributed by atoms with van der Waals surface area (Å²) in [6.07, 6.45) is 1.22. The smallest absolute Gasteiger partial charge is 0.251 e. The molecule has 0 bridgehead atoms. The second-order valence-corrected chi connectivity index (χ2v) is 4.28. The summed E-state index contributed by atoms with van der Waals surface area (Å²) in [5.74, 6) is -0.936. The van der Waals surface area contributed by atoms with Crippen LogP contribution in [-0.2, 0) is 6.61 Å². The molecule has 3 aromatic rings. The van der Waals surface area contributed by atoms with Gasteiger partial charge >= 0.3 is 0 Å². The van der Waals surface area contributed by atoms with Crippen molar-refractivity contribution in [2.24, 2.45) is 0 Å². The summed E-state index contributed by atoms with van der Waals surface area (Å²) >= 11 is 0. The average molecular weight is 288 g/mol. The van der Waals surface area contributed by atoms with Crippen LogP contribution < -0.4 is 4.74 Å². The van der Waals surface area contributed by atoms with E-state index in [0.29, 0.717) is 22.8 Å². The van der Waals surface area contributed by atoms with E-state index in [2.05, 4.69) is 10.2 Å². The Morgan fingerprint density at radius 3 is 2.67 bits per heavy atom. The zero-order valence-electron chi connectivity index (χ0n) is 10.8. The van der Waals surface area contributed by atoms with Crippen molar-refractivity contribution in [3.05, 3.63) is 66.1 Å². The molecule has 0 aliphatic carbocycles. The van der Waals surface area contributed by atoms with Gasteiger partial charge in [-0.25, -0.2) is 8.78 Å². The molecule has 0 N–H and O–H groups in total. The fraction of sp³-hybridized carbons (Fsp3) is 0.0667. The summed E-state index contributed by atoms with van der Waals surface area (Å²) in [6, 6.07) is 10.7. The first-order valence-electron chi connectivity index (χ1n) is 6.16. The molecule has 21 heavy (non-hydrogen) atoms. The van der Waals surface area contributed by atoms with E-state index in [1.807, 2.05) is 6.07 Å². The van der Waals surface area contributed by atoms with Crippen molar-refractivity contribution in [3.8, 4) is 17.2 Å². The van der Waals surface area contributed by atoms with Crippen LogP contribution in [0.1, 0.15) is 5.56 Å². The van der Waals surface area contributed by atoms with E-state index in [1.54, 1.807) is 18.2 Å². The maximum Gasteiger partial charge on any atom is 0.251 e. The number of aromatic nitrogens is 2. The number of nitrogens with zero attached hydrogens (tertiary/aromatic N) is 2. The molecule has 0 atom stereocenters. The summed E-state index contributed by atoms with van der Waals surface area (Å²) in [7, 11) is 0. The summed E-state index contributed by atoms with van der Waals surface area (Å²) in [5.41, 5.74) is 1.16. The molecule has 0 spiro atoms. The van der Waals surface area contributed by atoms with Gasteiger partial charge < -0.3 is 9.15 Å². The van der Waals surface area contributed by atoms with Crippen molar-refractivity contribution in [2.75, 3.05) is 0 Å². The van der Waals surface area contributed by atoms with E-state index in [0.717, 1.165) is 12.1 Å². The molecule has 4 nitrogen and oxygen atoms in total. The largest absolute Gasteiger partial charge is 0.488 e. The summed E-state index contributed by atoms with van der Waals surface area (Å²) in [5, 5.41) is 7.44. The number of hydrogen-bond donors (Lipinski definition) is 0. The van der Waals surface area contributed by atoms with Crippen molar-refractivity contribution in [1.82, 2.24) is 10.2 Å². The number of benzene rings is 2. The number of rotatable bonds is 4. The Labute approximate surface area is 119 Å². The average Bonchev–Trinajstić information content (AvgIpc) is 3.03. The fourth-order valence-corrected chi connectivity index (χ4v) is 1.85. The minimum atomic E-state index is -0.902. The highest BCUT2D eigenvalue weighted by Crippen LogP contribution is 2.28. The van der Waals surface area contributed by atoms with Gasteiger partial charge in [-0.2, -0.15) is 0 Å². The highest BCUT2D eigenvalue weighted by Gasteiger charge is 2.11. The van der Waals surface area contributed by atoms with Gasteiger partial charge in [-0.3, -0.25) is 0 Å². The Morgan fingerprint density at radius 2 is 1.90 bits per heavy atom. The molecule has 0 amide bonds. The summed E-state index contributed by atoms with van der Waals surface area (Å²) in [6.45, 7) is 0.0996. The van der Waals surface area contributed by atoms with Crippen LogP contribution in [0.3, 0.4) is 0 Å². The van der Waals surface area contributed by atoms with E-state index in [9.17, 15) is 8.78 Å². The number of ether oxygens (including phenoxy) is 1. The van der Waals surface area contributed by atoms with Gasteiger partial charge in [-0.15, -0.1) is 10.2 Å². The van der Waals surface area contributed by atoms with Crippen LogP contribution >= 0.6 is 0 Å². The van der Waals surface area contributed by atoms with Gasteiger partial charge in [-0.05, 0) is 29.8 Å². The van der Waals surface area contributed by atoms with E-state index in [4.69, 9.17) is 9.15 Å². The topological polar surface area (TPSA) is 48.2 Å². The van der Waals surface area contributed by atoms with Crippen molar-refractivity contribution >= 4 is 0 Å². The van der Waals surface area contributed by atoms with Crippen molar-refractivity contribution in [1.29, 1.82) is 0 Å². The lowest BCUT2D eigenvalue weighted by Gasteiger charge is -2.09. The Balaban J connectivity index is 1.81. The van der Waals surface area contributed by atoms with Gasteiger partial charge in [0.15, 0.2) is 11.6 Å². The lowest BCUT2D eigenvalue weighted by molar-refractivity contribution is 0.305. The summed E-state index contributed by atoms with van der Waals surface area (Å²) < 4.78 is 36.8. The second kappa shape index (κ2) is 5.70. The molecule has 0 fully saturated rings. The standard InChI is InChI=1S/C15H10F2N2O2/c16-12-6-5-10(7-13(12)17)8-20-14-4-2-1-3-11(14)15-19-18-9-21-15/h1-7,9H,8H2. The minimum absolute atomic E-state index is 0.0996. The lowest BCUT2D eigenvalue weighted by Crippen LogP contribution is -1.98. The van der Waals surface area contributed by atoms with E-state index in [-0.39, 0.29) is 6.61 Å². The van der Waals surface area contributed by atoms with Crippen LogP contribution in [0.4, 0.5) is 8.78 Å². The Kier molecular flexibility index (Phi) is 3.59. The molecule has 0 aliphatic rings. The zero-order valence-corrected chi connectivity index (χ0v) is 10.8. The highest BCUT2D eigenvalue weighted by molar-refractivity contribution is 5.62. The number of para-hydroxylation sites is 1. The third-order valence-corrected chi connectivity index (χ3v) is 2.86. The summed E-state index contributed by atoms with van der Waals surface area (Å²) in [4.78, 5) is 0. The van der Waals surface area contributed by atoms with E-state index >= 15 is 0 Å². The third kappa shape index (κ3) is 2.89. The van der Waals surface area contributed by atoms with Crippen LogP contribution in [0.5, 0.6) is 5.75 Å². The fourth-order valence-electron chi connectivity index (χ4n) is 1.85. The molecule has 2 aromatic carbocycles. The molecule has 6 heteroatoms. The first-order valence-corrected chi connectivity index (χ1v) is 6.16. The minimum Gasteiger partial charge on any atom is -0.488 e.